The Morgan fingerprint density at radius 1 is 1.18 bits per heavy atom. The predicted octanol–water partition coefficient (Wildman–Crippen LogP) is 0.708. The van der Waals surface area contributed by atoms with Crippen molar-refractivity contribution < 1.29 is 4.79 Å². The van der Waals surface area contributed by atoms with E-state index in [1.54, 1.807) is 18.5 Å². The summed E-state index contributed by atoms with van der Waals surface area (Å²) < 4.78 is 0. The first-order valence-electron chi connectivity index (χ1n) is 7.45. The molecule has 2 aromatic rings. The number of carbonyl (C=O) groups excluding carboxylic acids is 1. The van der Waals surface area contributed by atoms with Crippen LogP contribution in [0.4, 0.5) is 5.95 Å². The third-order valence-corrected chi connectivity index (χ3v) is 4.08. The first kappa shape index (κ1) is 14.5. The summed E-state index contributed by atoms with van der Waals surface area (Å²) >= 11 is 0. The van der Waals surface area contributed by atoms with Gasteiger partial charge in [-0.15, -0.1) is 0 Å². The van der Waals surface area contributed by atoms with Gasteiger partial charge in [-0.1, -0.05) is 0 Å². The quantitative estimate of drug-likeness (QED) is 0.903. The molecule has 0 bridgehead atoms. The van der Waals surface area contributed by atoms with E-state index in [1.165, 1.54) is 0 Å². The van der Waals surface area contributed by atoms with Crippen LogP contribution in [0.2, 0.25) is 0 Å². The molecule has 0 atom stereocenters. The van der Waals surface area contributed by atoms with Crippen LogP contribution in [0.15, 0.2) is 18.5 Å². The standard InChI is InChI=1S/C15H20N6O/c1-11-13(12(2)19-18-11)10-14(22)20-6-8-21(9-7-20)15-16-4-3-5-17-15/h3-5H,6-10H2,1-2H3,(H,18,19). The van der Waals surface area contributed by atoms with Crippen molar-refractivity contribution in [1.82, 2.24) is 25.1 Å². The second kappa shape index (κ2) is 6.13. The maximum Gasteiger partial charge on any atom is 0.227 e. The van der Waals surface area contributed by atoms with Crippen molar-refractivity contribution >= 4 is 11.9 Å². The monoisotopic (exact) mass is 300 g/mol. The molecule has 1 fully saturated rings. The summed E-state index contributed by atoms with van der Waals surface area (Å²) in [5, 5.41) is 7.07. The summed E-state index contributed by atoms with van der Waals surface area (Å²) in [5.41, 5.74) is 2.89. The molecule has 0 aromatic carbocycles. The molecule has 3 rings (SSSR count). The van der Waals surface area contributed by atoms with E-state index >= 15 is 0 Å². The average Bonchev–Trinajstić information content (AvgIpc) is 2.88. The lowest BCUT2D eigenvalue weighted by Gasteiger charge is -2.34. The average molecular weight is 300 g/mol. The van der Waals surface area contributed by atoms with E-state index in [9.17, 15) is 4.79 Å². The normalized spacial score (nSPS) is 15.2. The zero-order chi connectivity index (χ0) is 15.5. The van der Waals surface area contributed by atoms with Gasteiger partial charge in [-0.3, -0.25) is 9.89 Å². The molecule has 0 aliphatic carbocycles. The lowest BCUT2D eigenvalue weighted by molar-refractivity contribution is -0.130. The highest BCUT2D eigenvalue weighted by molar-refractivity contribution is 5.79. The zero-order valence-corrected chi connectivity index (χ0v) is 12.9. The highest BCUT2D eigenvalue weighted by Gasteiger charge is 2.23. The van der Waals surface area contributed by atoms with Crippen LogP contribution in [0.25, 0.3) is 0 Å². The molecule has 0 radical (unpaired) electrons. The van der Waals surface area contributed by atoms with Crippen molar-refractivity contribution in [3.8, 4) is 0 Å². The van der Waals surface area contributed by atoms with Crippen molar-refractivity contribution in [2.75, 3.05) is 31.1 Å². The van der Waals surface area contributed by atoms with Gasteiger partial charge in [-0.2, -0.15) is 5.10 Å². The van der Waals surface area contributed by atoms with Gasteiger partial charge in [0.05, 0.1) is 12.1 Å². The maximum atomic E-state index is 12.4. The van der Waals surface area contributed by atoms with Gasteiger partial charge in [0.1, 0.15) is 0 Å². The van der Waals surface area contributed by atoms with Gasteiger partial charge in [-0.25, -0.2) is 9.97 Å². The Kier molecular flexibility index (Phi) is 4.04. The second-order valence-electron chi connectivity index (χ2n) is 5.51. The molecular weight excluding hydrogens is 280 g/mol. The Labute approximate surface area is 129 Å². The van der Waals surface area contributed by atoms with Crippen LogP contribution in [0.1, 0.15) is 17.0 Å². The van der Waals surface area contributed by atoms with Gasteiger partial charge < -0.3 is 9.80 Å². The van der Waals surface area contributed by atoms with Crippen LogP contribution in [0.3, 0.4) is 0 Å². The number of nitrogens with zero attached hydrogens (tertiary/aromatic N) is 5. The predicted molar refractivity (Wildman–Crippen MR) is 82.6 cm³/mol. The molecule has 3 heterocycles. The third kappa shape index (κ3) is 2.93. The van der Waals surface area contributed by atoms with Crippen LogP contribution < -0.4 is 4.90 Å². The maximum absolute atomic E-state index is 12.4. The van der Waals surface area contributed by atoms with E-state index in [0.29, 0.717) is 19.5 Å². The summed E-state index contributed by atoms with van der Waals surface area (Å²) in [5.74, 6) is 0.886. The lowest BCUT2D eigenvalue weighted by atomic mass is 10.1. The van der Waals surface area contributed by atoms with Gasteiger partial charge in [0, 0.05) is 49.8 Å². The fourth-order valence-corrected chi connectivity index (χ4v) is 2.71. The number of rotatable bonds is 3. The van der Waals surface area contributed by atoms with Gasteiger partial charge in [0.2, 0.25) is 11.9 Å². The van der Waals surface area contributed by atoms with Gasteiger partial charge in [-0.05, 0) is 19.9 Å². The van der Waals surface area contributed by atoms with Crippen LogP contribution in [0.5, 0.6) is 0 Å². The summed E-state index contributed by atoms with van der Waals surface area (Å²) in [6.07, 6.45) is 3.89. The number of amides is 1. The number of aryl methyl sites for hydroxylation is 2. The number of nitrogens with one attached hydrogen (secondary N) is 1. The Morgan fingerprint density at radius 3 is 2.45 bits per heavy atom. The molecule has 7 heteroatoms. The Balaban J connectivity index is 1.58. The van der Waals surface area contributed by atoms with Crippen molar-refractivity contribution in [2.45, 2.75) is 20.3 Å². The first-order valence-corrected chi connectivity index (χ1v) is 7.45. The minimum atomic E-state index is 0.154. The fourth-order valence-electron chi connectivity index (χ4n) is 2.71. The summed E-state index contributed by atoms with van der Waals surface area (Å²) in [7, 11) is 0. The van der Waals surface area contributed by atoms with Crippen LogP contribution in [-0.2, 0) is 11.2 Å². The van der Waals surface area contributed by atoms with E-state index in [4.69, 9.17) is 0 Å². The fraction of sp³-hybridized carbons (Fsp3) is 0.467. The smallest absolute Gasteiger partial charge is 0.227 e. The largest absolute Gasteiger partial charge is 0.339 e. The molecule has 1 aliphatic heterocycles. The Hall–Kier alpha value is -2.44. The van der Waals surface area contributed by atoms with E-state index in [1.807, 2.05) is 18.7 Å². The van der Waals surface area contributed by atoms with Crippen molar-refractivity contribution in [3.63, 3.8) is 0 Å². The number of H-pyrrole nitrogens is 1. The molecule has 1 saturated heterocycles. The van der Waals surface area contributed by atoms with Crippen LogP contribution >= 0.6 is 0 Å². The highest BCUT2D eigenvalue weighted by Crippen LogP contribution is 2.14. The summed E-state index contributed by atoms with van der Waals surface area (Å²) in [6.45, 7) is 6.81. The van der Waals surface area contributed by atoms with Crippen molar-refractivity contribution in [1.29, 1.82) is 0 Å². The van der Waals surface area contributed by atoms with Gasteiger partial charge >= 0.3 is 0 Å². The molecule has 1 N–H and O–H groups in total. The Bertz CT molecular complexity index is 626. The lowest BCUT2D eigenvalue weighted by Crippen LogP contribution is -2.49. The SMILES string of the molecule is Cc1n[nH]c(C)c1CC(=O)N1CCN(c2ncccn2)CC1. The van der Waals surface area contributed by atoms with E-state index in [2.05, 4.69) is 25.1 Å². The molecular formula is C15H20N6O. The Morgan fingerprint density at radius 2 is 1.86 bits per heavy atom. The molecule has 1 aliphatic rings. The van der Waals surface area contributed by atoms with E-state index < -0.39 is 0 Å². The summed E-state index contributed by atoms with van der Waals surface area (Å²) in [4.78, 5) is 25.0. The van der Waals surface area contributed by atoms with Crippen molar-refractivity contribution in [3.05, 3.63) is 35.4 Å². The molecule has 7 nitrogen and oxygen atoms in total. The van der Waals surface area contributed by atoms with Crippen LogP contribution in [0, 0.1) is 13.8 Å². The van der Waals surface area contributed by atoms with Crippen LogP contribution in [-0.4, -0.2) is 57.2 Å². The second-order valence-corrected chi connectivity index (χ2v) is 5.51. The minimum absolute atomic E-state index is 0.154. The number of hydrogen-bond donors (Lipinski definition) is 1. The molecule has 1 amide bonds. The molecule has 22 heavy (non-hydrogen) atoms. The van der Waals surface area contributed by atoms with E-state index in [0.717, 1.165) is 36.0 Å². The number of hydrogen-bond acceptors (Lipinski definition) is 5. The minimum Gasteiger partial charge on any atom is -0.339 e. The number of aromatic nitrogens is 4. The third-order valence-electron chi connectivity index (χ3n) is 4.08. The summed E-state index contributed by atoms with van der Waals surface area (Å²) in [6, 6.07) is 1.80. The zero-order valence-electron chi connectivity index (χ0n) is 12.9. The number of aromatic amines is 1. The van der Waals surface area contributed by atoms with Gasteiger partial charge in [0.15, 0.2) is 0 Å². The topological polar surface area (TPSA) is 78.0 Å². The van der Waals surface area contributed by atoms with Gasteiger partial charge in [0.25, 0.3) is 0 Å². The molecule has 2 aromatic heterocycles. The highest BCUT2D eigenvalue weighted by atomic mass is 16.2. The molecule has 116 valence electrons. The number of anilines is 1. The van der Waals surface area contributed by atoms with E-state index in [-0.39, 0.29) is 5.91 Å². The molecule has 0 unspecified atom stereocenters. The molecule has 0 saturated carbocycles. The first-order chi connectivity index (χ1) is 10.6. The van der Waals surface area contributed by atoms with Crippen molar-refractivity contribution in [2.24, 2.45) is 0 Å². The number of carbonyl (C=O) groups is 1. The molecule has 0 spiro atoms. The number of piperazine rings is 1.